The van der Waals surface area contributed by atoms with Crippen molar-refractivity contribution in [1.82, 2.24) is 15.5 Å². The van der Waals surface area contributed by atoms with Gasteiger partial charge in [0, 0.05) is 37.3 Å². The van der Waals surface area contributed by atoms with Crippen molar-refractivity contribution < 1.29 is 9.59 Å². The molecular weight excluding hydrogens is 254 g/mol. The molecule has 0 saturated carbocycles. The van der Waals surface area contributed by atoms with Crippen LogP contribution >= 0.6 is 0 Å². The molecule has 2 rings (SSSR count). The van der Waals surface area contributed by atoms with Gasteiger partial charge in [-0.25, -0.2) is 0 Å². The van der Waals surface area contributed by atoms with Gasteiger partial charge in [-0.1, -0.05) is 6.07 Å². The Bertz CT molecular complexity index is 502. The van der Waals surface area contributed by atoms with Gasteiger partial charge in [0.1, 0.15) is 0 Å². The van der Waals surface area contributed by atoms with Crippen molar-refractivity contribution in [3.8, 4) is 0 Å². The van der Waals surface area contributed by atoms with Gasteiger partial charge in [-0.15, -0.1) is 0 Å². The minimum atomic E-state index is -0.173. The maximum atomic E-state index is 12.6. The fourth-order valence-corrected chi connectivity index (χ4v) is 2.65. The zero-order valence-corrected chi connectivity index (χ0v) is 12.0. The lowest BCUT2D eigenvalue weighted by Gasteiger charge is -2.24. The molecule has 5 nitrogen and oxygen atoms in total. The highest BCUT2D eigenvalue weighted by molar-refractivity contribution is 5.99. The third kappa shape index (κ3) is 2.99. The Hall–Kier alpha value is -1.88. The lowest BCUT2D eigenvalue weighted by atomic mass is 10.1. The van der Waals surface area contributed by atoms with E-state index in [0.29, 0.717) is 11.1 Å². The van der Waals surface area contributed by atoms with E-state index in [2.05, 4.69) is 10.6 Å². The van der Waals surface area contributed by atoms with Crippen molar-refractivity contribution in [2.75, 3.05) is 27.2 Å². The third-order valence-electron chi connectivity index (χ3n) is 3.68. The highest BCUT2D eigenvalue weighted by Crippen LogP contribution is 2.20. The summed E-state index contributed by atoms with van der Waals surface area (Å²) in [6.45, 7) is 1.59. The summed E-state index contributed by atoms with van der Waals surface area (Å²) in [4.78, 5) is 26.1. The van der Waals surface area contributed by atoms with Crippen LogP contribution in [0.3, 0.4) is 0 Å². The van der Waals surface area contributed by atoms with Crippen molar-refractivity contribution in [1.29, 1.82) is 0 Å². The molecule has 0 spiro atoms. The quantitative estimate of drug-likeness (QED) is 0.857. The van der Waals surface area contributed by atoms with E-state index in [1.54, 1.807) is 31.3 Å². The van der Waals surface area contributed by atoms with Crippen LogP contribution in [0.25, 0.3) is 0 Å². The van der Waals surface area contributed by atoms with E-state index in [1.807, 2.05) is 11.9 Å². The molecule has 1 aliphatic rings. The minimum Gasteiger partial charge on any atom is -0.355 e. The number of benzene rings is 1. The van der Waals surface area contributed by atoms with Crippen molar-refractivity contribution in [3.63, 3.8) is 0 Å². The van der Waals surface area contributed by atoms with Crippen LogP contribution in [0.5, 0.6) is 0 Å². The Kier molecular flexibility index (Phi) is 4.74. The van der Waals surface area contributed by atoms with E-state index in [0.717, 1.165) is 25.9 Å². The Morgan fingerprint density at radius 3 is 2.75 bits per heavy atom. The summed E-state index contributed by atoms with van der Waals surface area (Å²) in [5.41, 5.74) is 1.09. The Morgan fingerprint density at radius 2 is 2.05 bits per heavy atom. The monoisotopic (exact) mass is 275 g/mol. The van der Waals surface area contributed by atoms with E-state index in [9.17, 15) is 9.59 Å². The summed E-state index contributed by atoms with van der Waals surface area (Å²) in [7, 11) is 3.48. The number of nitrogens with one attached hydrogen (secondary N) is 2. The minimum absolute atomic E-state index is 0.00787. The Morgan fingerprint density at radius 1 is 1.30 bits per heavy atom. The first kappa shape index (κ1) is 14.5. The number of carbonyl (C=O) groups is 2. The van der Waals surface area contributed by atoms with Crippen LogP contribution in [-0.2, 0) is 0 Å². The Labute approximate surface area is 119 Å². The zero-order chi connectivity index (χ0) is 14.5. The molecule has 2 amide bonds. The van der Waals surface area contributed by atoms with Crippen LogP contribution in [-0.4, -0.2) is 49.9 Å². The van der Waals surface area contributed by atoms with E-state index >= 15 is 0 Å². The van der Waals surface area contributed by atoms with Gasteiger partial charge < -0.3 is 15.5 Å². The second-order valence-corrected chi connectivity index (χ2v) is 5.01. The SMILES string of the molecule is CNCC1CCCN1C(=O)c1cccc(C(=O)NC)c1. The molecule has 1 heterocycles. The lowest BCUT2D eigenvalue weighted by Crippen LogP contribution is -2.40. The highest BCUT2D eigenvalue weighted by Gasteiger charge is 2.28. The number of likely N-dealkylation sites (tertiary alicyclic amines) is 1. The van der Waals surface area contributed by atoms with Gasteiger partial charge in [-0.2, -0.15) is 0 Å². The van der Waals surface area contributed by atoms with Gasteiger partial charge >= 0.3 is 0 Å². The molecule has 1 atom stereocenters. The van der Waals surface area contributed by atoms with E-state index < -0.39 is 0 Å². The molecule has 1 saturated heterocycles. The third-order valence-corrected chi connectivity index (χ3v) is 3.68. The summed E-state index contributed by atoms with van der Waals surface area (Å²) in [5, 5.41) is 5.70. The normalized spacial score (nSPS) is 18.1. The second-order valence-electron chi connectivity index (χ2n) is 5.01. The van der Waals surface area contributed by atoms with Gasteiger partial charge in [-0.3, -0.25) is 9.59 Å². The first-order valence-corrected chi connectivity index (χ1v) is 6.95. The maximum absolute atomic E-state index is 12.6. The number of carbonyl (C=O) groups excluding carboxylic acids is 2. The first-order chi connectivity index (χ1) is 9.67. The average Bonchev–Trinajstić information content (AvgIpc) is 2.94. The standard InChI is InChI=1S/C15H21N3O2/c1-16-10-13-7-4-8-18(13)15(20)12-6-3-5-11(9-12)14(19)17-2/h3,5-6,9,13,16H,4,7-8,10H2,1-2H3,(H,17,19). The molecule has 0 aromatic heterocycles. The molecule has 1 aliphatic heterocycles. The number of hydrogen-bond acceptors (Lipinski definition) is 3. The number of amides is 2. The topological polar surface area (TPSA) is 61.4 Å². The Balaban J connectivity index is 2.18. The highest BCUT2D eigenvalue weighted by atomic mass is 16.2. The van der Waals surface area contributed by atoms with E-state index in [1.165, 1.54) is 0 Å². The molecule has 2 N–H and O–H groups in total. The molecular formula is C15H21N3O2. The second kappa shape index (κ2) is 6.52. The molecule has 0 aliphatic carbocycles. The van der Waals surface area contributed by atoms with Gasteiger partial charge in [-0.05, 0) is 38.1 Å². The van der Waals surface area contributed by atoms with Crippen LogP contribution in [0.2, 0.25) is 0 Å². The van der Waals surface area contributed by atoms with E-state index in [-0.39, 0.29) is 17.9 Å². The van der Waals surface area contributed by atoms with Crippen LogP contribution in [0.15, 0.2) is 24.3 Å². The van der Waals surface area contributed by atoms with Crippen LogP contribution in [0.1, 0.15) is 33.6 Å². The molecule has 1 fully saturated rings. The molecule has 1 aromatic carbocycles. The smallest absolute Gasteiger partial charge is 0.254 e. The molecule has 108 valence electrons. The number of rotatable bonds is 4. The molecule has 1 unspecified atom stereocenters. The number of nitrogens with zero attached hydrogens (tertiary/aromatic N) is 1. The van der Waals surface area contributed by atoms with Crippen molar-refractivity contribution >= 4 is 11.8 Å². The number of likely N-dealkylation sites (N-methyl/N-ethyl adjacent to an activating group) is 1. The largest absolute Gasteiger partial charge is 0.355 e. The zero-order valence-electron chi connectivity index (χ0n) is 12.0. The van der Waals surface area contributed by atoms with Crippen LogP contribution in [0, 0.1) is 0 Å². The molecule has 0 bridgehead atoms. The average molecular weight is 275 g/mol. The summed E-state index contributed by atoms with van der Waals surface area (Å²) < 4.78 is 0. The number of hydrogen-bond donors (Lipinski definition) is 2. The van der Waals surface area contributed by atoms with E-state index in [4.69, 9.17) is 0 Å². The summed E-state index contributed by atoms with van der Waals surface area (Å²) in [6, 6.07) is 7.14. The van der Waals surface area contributed by atoms with Gasteiger partial charge in [0.15, 0.2) is 0 Å². The summed E-state index contributed by atoms with van der Waals surface area (Å²) in [6.07, 6.45) is 2.06. The van der Waals surface area contributed by atoms with Crippen molar-refractivity contribution in [2.45, 2.75) is 18.9 Å². The molecule has 20 heavy (non-hydrogen) atoms. The fourth-order valence-electron chi connectivity index (χ4n) is 2.65. The predicted octanol–water partition coefficient (Wildman–Crippen LogP) is 0.870. The first-order valence-electron chi connectivity index (χ1n) is 6.95. The van der Waals surface area contributed by atoms with Crippen LogP contribution in [0.4, 0.5) is 0 Å². The molecule has 5 heteroatoms. The molecule has 1 aromatic rings. The van der Waals surface area contributed by atoms with Crippen molar-refractivity contribution in [2.24, 2.45) is 0 Å². The predicted molar refractivity (Wildman–Crippen MR) is 77.8 cm³/mol. The summed E-state index contributed by atoms with van der Waals surface area (Å²) in [5.74, 6) is -0.165. The maximum Gasteiger partial charge on any atom is 0.254 e. The fraction of sp³-hybridized carbons (Fsp3) is 0.467. The van der Waals surface area contributed by atoms with Crippen LogP contribution < -0.4 is 10.6 Å². The van der Waals surface area contributed by atoms with Crippen molar-refractivity contribution in [3.05, 3.63) is 35.4 Å². The molecule has 0 radical (unpaired) electrons. The summed E-state index contributed by atoms with van der Waals surface area (Å²) >= 11 is 0. The lowest BCUT2D eigenvalue weighted by molar-refractivity contribution is 0.0737. The van der Waals surface area contributed by atoms with Gasteiger partial charge in [0.05, 0.1) is 0 Å². The van der Waals surface area contributed by atoms with Gasteiger partial charge in [0.2, 0.25) is 0 Å². The van der Waals surface area contributed by atoms with Gasteiger partial charge in [0.25, 0.3) is 11.8 Å².